The van der Waals surface area contributed by atoms with E-state index < -0.39 is 0 Å². The van der Waals surface area contributed by atoms with Crippen LogP contribution in [0.15, 0.2) is 42.5 Å². The number of imidazole rings is 1. The quantitative estimate of drug-likeness (QED) is 0.466. The minimum absolute atomic E-state index is 0.0455. The molecule has 160 valence electrons. The predicted octanol–water partition coefficient (Wildman–Crippen LogP) is 2.90. The van der Waals surface area contributed by atoms with Crippen LogP contribution in [0.2, 0.25) is 0 Å². The Bertz CT molecular complexity index is 1200. The first-order valence-electron chi connectivity index (χ1n) is 10.1. The molecule has 0 spiro atoms. The molecule has 3 aromatic heterocycles. The molecule has 0 aliphatic carbocycles. The lowest BCUT2D eigenvalue weighted by molar-refractivity contribution is -0.116. The number of aryl methyl sites for hydroxylation is 1. The van der Waals surface area contributed by atoms with E-state index >= 15 is 0 Å². The standard InChI is InChI=1S/C21H24N8O2/c1-14(2)11-12-19(30)24-18-10-6-7-15(22-18)13-31-21-23-16-8-4-5-9-17(16)29(21)20-25-26-27-28(20)3/h4-10,14H,11-13H2,1-3H3,(H,22,24,30). The van der Waals surface area contributed by atoms with E-state index in [1.807, 2.05) is 36.4 Å². The molecule has 31 heavy (non-hydrogen) atoms. The number of hydrogen-bond donors (Lipinski definition) is 1. The topological polar surface area (TPSA) is 113 Å². The van der Waals surface area contributed by atoms with E-state index in [1.54, 1.807) is 22.4 Å². The zero-order valence-corrected chi connectivity index (χ0v) is 17.7. The van der Waals surface area contributed by atoms with Crippen molar-refractivity contribution in [2.75, 3.05) is 5.32 Å². The summed E-state index contributed by atoms with van der Waals surface area (Å²) in [6.45, 7) is 4.35. The number of amides is 1. The second kappa shape index (κ2) is 8.90. The molecule has 10 nitrogen and oxygen atoms in total. The van der Waals surface area contributed by atoms with Crippen molar-refractivity contribution < 1.29 is 9.53 Å². The van der Waals surface area contributed by atoms with Gasteiger partial charge in [0.05, 0.1) is 16.7 Å². The lowest BCUT2D eigenvalue weighted by Crippen LogP contribution is -2.14. The summed E-state index contributed by atoms with van der Waals surface area (Å²) in [5.74, 6) is 1.42. The van der Waals surface area contributed by atoms with Crippen molar-refractivity contribution in [3.63, 3.8) is 0 Å². The van der Waals surface area contributed by atoms with Crippen molar-refractivity contribution in [1.29, 1.82) is 0 Å². The molecule has 1 aromatic carbocycles. The van der Waals surface area contributed by atoms with Crippen molar-refractivity contribution in [3.8, 4) is 12.0 Å². The summed E-state index contributed by atoms with van der Waals surface area (Å²) >= 11 is 0. The van der Waals surface area contributed by atoms with Crippen LogP contribution in [0.25, 0.3) is 17.0 Å². The van der Waals surface area contributed by atoms with Gasteiger partial charge in [0.2, 0.25) is 5.91 Å². The van der Waals surface area contributed by atoms with Gasteiger partial charge in [-0.3, -0.25) is 4.79 Å². The van der Waals surface area contributed by atoms with Gasteiger partial charge in [0.1, 0.15) is 12.4 Å². The molecule has 1 amide bonds. The van der Waals surface area contributed by atoms with Crippen LogP contribution in [-0.4, -0.2) is 40.6 Å². The van der Waals surface area contributed by atoms with E-state index in [0.29, 0.717) is 35.8 Å². The highest BCUT2D eigenvalue weighted by molar-refractivity contribution is 5.89. The Morgan fingerprint density at radius 1 is 1.13 bits per heavy atom. The molecule has 0 saturated heterocycles. The van der Waals surface area contributed by atoms with Gasteiger partial charge in [0.25, 0.3) is 5.95 Å². The lowest BCUT2D eigenvalue weighted by atomic mass is 10.1. The number of para-hydroxylation sites is 2. The highest BCUT2D eigenvalue weighted by Crippen LogP contribution is 2.25. The highest BCUT2D eigenvalue weighted by atomic mass is 16.5. The molecule has 10 heteroatoms. The van der Waals surface area contributed by atoms with Crippen LogP contribution in [0.5, 0.6) is 6.01 Å². The monoisotopic (exact) mass is 420 g/mol. The van der Waals surface area contributed by atoms with Gasteiger partial charge in [-0.15, -0.1) is 0 Å². The first kappa shape index (κ1) is 20.5. The number of ether oxygens (including phenoxy) is 1. The number of nitrogens with zero attached hydrogens (tertiary/aromatic N) is 7. The van der Waals surface area contributed by atoms with Crippen LogP contribution in [0.3, 0.4) is 0 Å². The van der Waals surface area contributed by atoms with Crippen molar-refractivity contribution in [2.45, 2.75) is 33.3 Å². The summed E-state index contributed by atoms with van der Waals surface area (Å²) in [6, 6.07) is 13.4. The van der Waals surface area contributed by atoms with Gasteiger partial charge >= 0.3 is 6.01 Å². The maximum Gasteiger partial charge on any atom is 0.305 e. The third kappa shape index (κ3) is 4.68. The smallest absolute Gasteiger partial charge is 0.305 e. The third-order valence-electron chi connectivity index (χ3n) is 4.70. The Labute approximate surface area is 179 Å². The van der Waals surface area contributed by atoms with Crippen LogP contribution in [-0.2, 0) is 18.4 Å². The predicted molar refractivity (Wildman–Crippen MR) is 115 cm³/mol. The Hall–Kier alpha value is -3.82. The average molecular weight is 420 g/mol. The van der Waals surface area contributed by atoms with Crippen LogP contribution >= 0.6 is 0 Å². The van der Waals surface area contributed by atoms with Gasteiger partial charge in [-0.1, -0.05) is 37.1 Å². The van der Waals surface area contributed by atoms with E-state index in [2.05, 4.69) is 44.7 Å². The molecule has 0 radical (unpaired) electrons. The van der Waals surface area contributed by atoms with Gasteiger partial charge in [-0.05, 0) is 47.0 Å². The maximum atomic E-state index is 12.1. The Balaban J connectivity index is 1.52. The fraction of sp³-hybridized carbons (Fsp3) is 0.333. The number of aromatic nitrogens is 7. The number of benzene rings is 1. The minimum atomic E-state index is -0.0455. The van der Waals surface area contributed by atoms with Crippen molar-refractivity contribution in [3.05, 3.63) is 48.2 Å². The number of anilines is 1. The number of fused-ring (bicyclic) bond motifs is 1. The first-order chi connectivity index (χ1) is 15.0. The van der Waals surface area contributed by atoms with Gasteiger partial charge in [-0.25, -0.2) is 14.2 Å². The van der Waals surface area contributed by atoms with Crippen molar-refractivity contribution in [1.82, 2.24) is 34.7 Å². The number of pyridine rings is 1. The molecule has 4 rings (SSSR count). The fourth-order valence-electron chi connectivity index (χ4n) is 3.10. The fourth-order valence-corrected chi connectivity index (χ4v) is 3.10. The Morgan fingerprint density at radius 3 is 2.74 bits per heavy atom. The van der Waals surface area contributed by atoms with Crippen molar-refractivity contribution in [2.24, 2.45) is 13.0 Å². The van der Waals surface area contributed by atoms with E-state index in [9.17, 15) is 4.79 Å². The number of hydrogen-bond acceptors (Lipinski definition) is 7. The maximum absolute atomic E-state index is 12.1. The summed E-state index contributed by atoms with van der Waals surface area (Å²) < 4.78 is 9.30. The lowest BCUT2D eigenvalue weighted by Gasteiger charge is -2.10. The molecule has 1 N–H and O–H groups in total. The van der Waals surface area contributed by atoms with Gasteiger partial charge < -0.3 is 10.1 Å². The van der Waals surface area contributed by atoms with Crippen LogP contribution < -0.4 is 10.1 Å². The number of carbonyl (C=O) groups excluding carboxylic acids is 1. The molecule has 0 unspecified atom stereocenters. The summed E-state index contributed by atoms with van der Waals surface area (Å²) in [6.07, 6.45) is 1.30. The van der Waals surface area contributed by atoms with E-state index in [4.69, 9.17) is 4.74 Å². The third-order valence-corrected chi connectivity index (χ3v) is 4.70. The second-order valence-electron chi connectivity index (χ2n) is 7.60. The molecule has 3 heterocycles. The summed E-state index contributed by atoms with van der Waals surface area (Å²) in [5.41, 5.74) is 2.26. The van der Waals surface area contributed by atoms with Gasteiger partial charge in [0.15, 0.2) is 0 Å². The van der Waals surface area contributed by atoms with Crippen LogP contribution in [0, 0.1) is 5.92 Å². The summed E-state index contributed by atoms with van der Waals surface area (Å²) in [7, 11) is 1.75. The first-order valence-corrected chi connectivity index (χ1v) is 10.1. The Morgan fingerprint density at radius 2 is 1.97 bits per heavy atom. The van der Waals surface area contributed by atoms with Crippen molar-refractivity contribution >= 4 is 22.8 Å². The largest absolute Gasteiger partial charge is 0.458 e. The number of rotatable bonds is 8. The van der Waals surface area contributed by atoms with Gasteiger partial charge in [-0.2, -0.15) is 4.98 Å². The van der Waals surface area contributed by atoms with E-state index in [-0.39, 0.29) is 12.5 Å². The normalized spacial score (nSPS) is 11.2. The molecule has 0 aliphatic rings. The number of carbonyl (C=O) groups is 1. The summed E-state index contributed by atoms with van der Waals surface area (Å²) in [4.78, 5) is 21.1. The summed E-state index contributed by atoms with van der Waals surface area (Å²) in [5, 5.41) is 14.5. The Kier molecular flexibility index (Phi) is 5.87. The molecule has 0 saturated carbocycles. The molecular weight excluding hydrogens is 396 g/mol. The number of nitrogens with one attached hydrogen (secondary N) is 1. The van der Waals surface area contributed by atoms with Gasteiger partial charge in [0, 0.05) is 13.5 Å². The van der Waals surface area contributed by atoms with E-state index in [1.165, 1.54) is 0 Å². The van der Waals surface area contributed by atoms with Crippen LogP contribution in [0.4, 0.5) is 5.82 Å². The zero-order valence-electron chi connectivity index (χ0n) is 17.7. The molecule has 0 bridgehead atoms. The second-order valence-corrected chi connectivity index (χ2v) is 7.60. The van der Waals surface area contributed by atoms with E-state index in [0.717, 1.165) is 17.5 Å². The molecule has 0 atom stereocenters. The zero-order chi connectivity index (χ0) is 21.8. The molecule has 0 aliphatic heterocycles. The molecular formula is C21H24N8O2. The van der Waals surface area contributed by atoms with Crippen LogP contribution in [0.1, 0.15) is 32.4 Å². The molecule has 0 fully saturated rings. The highest BCUT2D eigenvalue weighted by Gasteiger charge is 2.18. The average Bonchev–Trinajstić information content (AvgIpc) is 3.33. The SMILES string of the molecule is CC(C)CCC(=O)Nc1cccc(COc2nc3ccccc3n2-c2nnnn2C)n1. The minimum Gasteiger partial charge on any atom is -0.458 e. The molecule has 4 aromatic rings. The number of tetrazole rings is 1.